The lowest BCUT2D eigenvalue weighted by Gasteiger charge is -2.37. The maximum atomic E-state index is 5.26. The molecule has 0 aromatic heterocycles. The molecule has 0 saturated heterocycles. The minimum atomic E-state index is -0.726. The lowest BCUT2D eigenvalue weighted by Crippen LogP contribution is -2.31. The fraction of sp³-hybridized carbons (Fsp3) is 0.0959. The number of rotatable bonds is 6. The average Bonchev–Trinajstić information content (AvgIpc) is 4.27. The highest BCUT2D eigenvalue weighted by Gasteiger charge is 2.54. The second-order valence-corrected chi connectivity index (χ2v) is 21.2. The van der Waals surface area contributed by atoms with E-state index in [1.54, 1.807) is 0 Å². The molecule has 10 aromatic rings. The monoisotopic (exact) mass is 960 g/mol. The molecule has 0 unspecified atom stereocenters. The normalized spacial score (nSPS) is 15.7. The van der Waals surface area contributed by atoms with Crippen molar-refractivity contribution in [3.63, 3.8) is 0 Å². The predicted molar refractivity (Wildman–Crippen MR) is 313 cm³/mol. The number of allylic oxidation sites excluding steroid dienone is 4. The standard InChI is InChI=1S/C73H56N2/c1-47-25-33-53(34-26-47)74(54-35-27-48(2)28-36-54)57-16-14-15-52-44-70-64(46-69(52)72(51(5)43-57)65-21-10-6-17-59(65)60-18-7-11-22-66(60)72)63-42-41-58(75(55-37-29-49(3)30-38-55)56-39-31-50(4)32-40-56)45-71(63)73(70)67-23-12-8-19-61(67)62-20-9-13-24-68(62)73/h6-14,16-46H,5,15H2,1-4H3/b16-14-,57-43+. The van der Waals surface area contributed by atoms with Crippen molar-refractivity contribution in [3.05, 3.63) is 327 Å². The molecule has 0 fully saturated rings. The Morgan fingerprint density at radius 2 is 0.707 bits per heavy atom. The summed E-state index contributed by atoms with van der Waals surface area (Å²) < 4.78 is 0. The van der Waals surface area contributed by atoms with Crippen LogP contribution in [0.4, 0.5) is 28.4 Å². The van der Waals surface area contributed by atoms with E-state index >= 15 is 0 Å². The van der Waals surface area contributed by atoms with Gasteiger partial charge in [0.05, 0.1) is 10.8 Å². The van der Waals surface area contributed by atoms with Gasteiger partial charge in [0.1, 0.15) is 0 Å². The van der Waals surface area contributed by atoms with Crippen molar-refractivity contribution in [2.24, 2.45) is 0 Å². The molecule has 4 aliphatic rings. The lowest BCUT2D eigenvalue weighted by molar-refractivity contribution is 0.751. The van der Waals surface area contributed by atoms with E-state index in [0.717, 1.165) is 39.7 Å². The quantitative estimate of drug-likeness (QED) is 0.164. The molecular formula is C73H56N2. The smallest absolute Gasteiger partial charge is 0.0726 e. The highest BCUT2D eigenvalue weighted by molar-refractivity contribution is 5.98. The molecular weight excluding hydrogens is 905 g/mol. The van der Waals surface area contributed by atoms with Crippen LogP contribution in [0.15, 0.2) is 261 Å². The third kappa shape index (κ3) is 6.59. The zero-order chi connectivity index (χ0) is 50.6. The van der Waals surface area contributed by atoms with Gasteiger partial charge >= 0.3 is 0 Å². The van der Waals surface area contributed by atoms with Crippen LogP contribution in [0.1, 0.15) is 66.8 Å². The van der Waals surface area contributed by atoms with Gasteiger partial charge in [0.15, 0.2) is 0 Å². The molecule has 2 heteroatoms. The first-order valence-corrected chi connectivity index (χ1v) is 26.4. The summed E-state index contributed by atoms with van der Waals surface area (Å²) in [6.45, 7) is 13.9. The van der Waals surface area contributed by atoms with Crippen LogP contribution in [0, 0.1) is 27.7 Å². The van der Waals surface area contributed by atoms with Crippen LogP contribution in [-0.4, -0.2) is 0 Å². The third-order valence-electron chi connectivity index (χ3n) is 16.8. The summed E-state index contributed by atoms with van der Waals surface area (Å²) in [5.74, 6) is 0. The Hall–Kier alpha value is -8.98. The van der Waals surface area contributed by atoms with Crippen molar-refractivity contribution in [2.45, 2.75) is 44.9 Å². The number of hydrogen-bond donors (Lipinski definition) is 0. The Kier molecular flexibility index (Phi) is 10.2. The first-order valence-electron chi connectivity index (χ1n) is 26.4. The Morgan fingerprint density at radius 1 is 0.333 bits per heavy atom. The van der Waals surface area contributed by atoms with Crippen molar-refractivity contribution >= 4 is 28.4 Å². The number of hydrogen-bond acceptors (Lipinski definition) is 2. The van der Waals surface area contributed by atoms with Crippen molar-refractivity contribution < 1.29 is 0 Å². The van der Waals surface area contributed by atoms with Crippen molar-refractivity contribution in [1.82, 2.24) is 0 Å². The third-order valence-corrected chi connectivity index (χ3v) is 16.8. The van der Waals surface area contributed by atoms with Gasteiger partial charge in [0.25, 0.3) is 0 Å². The van der Waals surface area contributed by atoms with Crippen LogP contribution in [0.3, 0.4) is 0 Å². The van der Waals surface area contributed by atoms with E-state index < -0.39 is 10.8 Å². The first kappa shape index (κ1) is 44.7. The second kappa shape index (κ2) is 17.0. The molecule has 358 valence electrons. The Morgan fingerprint density at radius 3 is 1.16 bits per heavy atom. The molecule has 4 aliphatic carbocycles. The Balaban J connectivity index is 1.06. The van der Waals surface area contributed by atoms with Crippen molar-refractivity contribution in [3.8, 4) is 33.4 Å². The number of anilines is 5. The lowest BCUT2D eigenvalue weighted by atomic mass is 9.64. The van der Waals surface area contributed by atoms with Gasteiger partial charge in [-0.05, 0) is 196 Å². The number of benzene rings is 10. The summed E-state index contributed by atoms with van der Waals surface area (Å²) in [4.78, 5) is 4.84. The molecule has 0 radical (unpaired) electrons. The molecule has 0 amide bonds. The molecule has 14 rings (SSSR count). The largest absolute Gasteiger partial charge is 0.311 e. The molecule has 0 atom stereocenters. The van der Waals surface area contributed by atoms with Crippen LogP contribution in [0.5, 0.6) is 0 Å². The van der Waals surface area contributed by atoms with Crippen molar-refractivity contribution in [2.75, 3.05) is 9.80 Å². The maximum Gasteiger partial charge on any atom is 0.0726 e. The van der Waals surface area contributed by atoms with Gasteiger partial charge in [0, 0.05) is 34.1 Å². The molecule has 2 nitrogen and oxygen atoms in total. The van der Waals surface area contributed by atoms with E-state index in [2.05, 4.69) is 280 Å². The average molecular weight is 961 g/mol. The SMILES string of the molecule is C=C1/C=C(N(c2ccc(C)cc2)c2ccc(C)cc2)\C=C/Cc2cc3c(cc2C12c1ccccc1-c1ccccc12)-c1ccc(N(c2ccc(C)cc2)c2ccc(C)cc2)cc1C31c2ccccc2-c2ccccc21. The zero-order valence-corrected chi connectivity index (χ0v) is 42.9. The summed E-state index contributed by atoms with van der Waals surface area (Å²) in [6.07, 6.45) is 7.84. The minimum absolute atomic E-state index is 0.593. The molecule has 0 heterocycles. The minimum Gasteiger partial charge on any atom is -0.311 e. The van der Waals surface area contributed by atoms with Crippen molar-refractivity contribution in [1.29, 1.82) is 0 Å². The number of nitrogens with zero attached hydrogens (tertiary/aromatic N) is 2. The van der Waals surface area contributed by atoms with E-state index in [-0.39, 0.29) is 0 Å². The van der Waals surface area contributed by atoms with E-state index in [4.69, 9.17) is 6.58 Å². The van der Waals surface area contributed by atoms with E-state index in [1.165, 1.54) is 100 Å². The van der Waals surface area contributed by atoms with Gasteiger partial charge in [-0.25, -0.2) is 0 Å². The highest BCUT2D eigenvalue weighted by atomic mass is 15.1. The fourth-order valence-corrected chi connectivity index (χ4v) is 13.4. The van der Waals surface area contributed by atoms with Gasteiger partial charge in [-0.2, -0.15) is 0 Å². The molecule has 0 saturated carbocycles. The molecule has 0 bridgehead atoms. The summed E-state index contributed by atoms with van der Waals surface area (Å²) in [7, 11) is 0. The number of aryl methyl sites for hydroxylation is 4. The molecule has 75 heavy (non-hydrogen) atoms. The molecule has 0 aliphatic heterocycles. The summed E-state index contributed by atoms with van der Waals surface area (Å²) in [6, 6.07) is 84.8. The topological polar surface area (TPSA) is 6.48 Å². The molecule has 0 N–H and O–H groups in total. The van der Waals surface area contributed by atoms with Gasteiger partial charge in [-0.3, -0.25) is 0 Å². The highest BCUT2D eigenvalue weighted by Crippen LogP contribution is 2.66. The van der Waals surface area contributed by atoms with Crippen LogP contribution in [0.25, 0.3) is 33.4 Å². The predicted octanol–water partition coefficient (Wildman–Crippen LogP) is 18.4. The molecule has 2 spiro atoms. The van der Waals surface area contributed by atoms with Gasteiger partial charge < -0.3 is 9.80 Å². The fourth-order valence-electron chi connectivity index (χ4n) is 13.4. The van der Waals surface area contributed by atoms with Crippen LogP contribution >= 0.6 is 0 Å². The second-order valence-electron chi connectivity index (χ2n) is 21.2. The van der Waals surface area contributed by atoms with Gasteiger partial charge in [-0.15, -0.1) is 0 Å². The summed E-state index contributed by atoms with van der Waals surface area (Å²) in [5.41, 5.74) is 29.3. The van der Waals surface area contributed by atoms with Crippen LogP contribution in [0.2, 0.25) is 0 Å². The Labute approximate surface area is 441 Å². The molecule has 10 aromatic carbocycles. The summed E-state index contributed by atoms with van der Waals surface area (Å²) >= 11 is 0. The van der Waals surface area contributed by atoms with Gasteiger partial charge in [0.2, 0.25) is 0 Å². The van der Waals surface area contributed by atoms with E-state index in [0.29, 0.717) is 6.42 Å². The van der Waals surface area contributed by atoms with Crippen LogP contribution in [-0.2, 0) is 17.3 Å². The zero-order valence-electron chi connectivity index (χ0n) is 42.9. The first-order chi connectivity index (χ1) is 36.7. The number of fused-ring (bicyclic) bond motifs is 17. The maximum absolute atomic E-state index is 5.26. The van der Waals surface area contributed by atoms with Gasteiger partial charge in [-0.1, -0.05) is 193 Å². The van der Waals surface area contributed by atoms with E-state index in [1.807, 2.05) is 0 Å². The Bertz CT molecular complexity index is 3830. The summed E-state index contributed by atoms with van der Waals surface area (Å²) in [5, 5.41) is 0. The van der Waals surface area contributed by atoms with Crippen LogP contribution < -0.4 is 9.80 Å². The van der Waals surface area contributed by atoms with E-state index in [9.17, 15) is 0 Å².